The number of nitrogens with one attached hydrogen (secondary N) is 1. The van der Waals surface area contributed by atoms with E-state index in [1.165, 1.54) is 6.20 Å². The number of hydrogen-bond acceptors (Lipinski definition) is 6. The van der Waals surface area contributed by atoms with E-state index in [0.717, 1.165) is 11.3 Å². The van der Waals surface area contributed by atoms with Gasteiger partial charge in [0.1, 0.15) is 6.20 Å². The van der Waals surface area contributed by atoms with Gasteiger partial charge in [-0.3, -0.25) is 10.1 Å². The summed E-state index contributed by atoms with van der Waals surface area (Å²) >= 11 is 1.02. The zero-order valence-electron chi connectivity index (χ0n) is 7.73. The van der Waals surface area contributed by atoms with Gasteiger partial charge in [0.15, 0.2) is 5.13 Å². The Hall–Kier alpha value is -1.21. The molecule has 1 rings (SSSR count). The molecule has 0 aliphatic rings. The minimum absolute atomic E-state index is 0.0453. The quantitative estimate of drug-likeness (QED) is 0.444. The molecule has 7 heteroatoms. The third-order valence-corrected chi connectivity index (χ3v) is 2.31. The molecule has 0 spiro atoms. The Bertz CT molecular complexity index is 302. The summed E-state index contributed by atoms with van der Waals surface area (Å²) in [7, 11) is 0. The van der Waals surface area contributed by atoms with Crippen molar-refractivity contribution in [1.29, 1.82) is 0 Å². The van der Waals surface area contributed by atoms with Crippen molar-refractivity contribution >= 4 is 21.5 Å². The van der Waals surface area contributed by atoms with Crippen LogP contribution in [0.5, 0.6) is 0 Å². The Kier molecular flexibility index (Phi) is 4.27. The van der Waals surface area contributed by atoms with Crippen LogP contribution in [0.2, 0.25) is 0 Å². The number of thiazole rings is 1. The van der Waals surface area contributed by atoms with E-state index in [4.69, 9.17) is 4.74 Å². The highest BCUT2D eigenvalue weighted by atomic mass is 32.1. The highest BCUT2D eigenvalue weighted by Crippen LogP contribution is 2.24. The molecule has 0 aliphatic carbocycles. The van der Waals surface area contributed by atoms with Gasteiger partial charge in [0.2, 0.25) is 0 Å². The Balaban J connectivity index is 2.33. The average molecular weight is 217 g/mol. The van der Waals surface area contributed by atoms with Crippen molar-refractivity contribution < 1.29 is 9.66 Å². The minimum atomic E-state index is -0.453. The predicted molar refractivity (Wildman–Crippen MR) is 53.8 cm³/mol. The molecule has 0 saturated carbocycles. The molecule has 0 aliphatic heterocycles. The molecule has 1 aromatic rings. The van der Waals surface area contributed by atoms with Crippen molar-refractivity contribution in [3.63, 3.8) is 0 Å². The lowest BCUT2D eigenvalue weighted by molar-refractivity contribution is -0.380. The van der Waals surface area contributed by atoms with Gasteiger partial charge in [-0.1, -0.05) is 0 Å². The first-order chi connectivity index (χ1) is 6.74. The topological polar surface area (TPSA) is 77.3 Å². The van der Waals surface area contributed by atoms with E-state index in [1.54, 1.807) is 0 Å². The van der Waals surface area contributed by atoms with Crippen LogP contribution < -0.4 is 5.32 Å². The van der Waals surface area contributed by atoms with Gasteiger partial charge in [0.05, 0.1) is 11.5 Å². The molecule has 1 N–H and O–H groups in total. The summed E-state index contributed by atoms with van der Waals surface area (Å²) in [6, 6.07) is 0. The molecule has 0 saturated heterocycles. The van der Waals surface area contributed by atoms with Crippen molar-refractivity contribution in [2.45, 2.75) is 6.92 Å². The van der Waals surface area contributed by atoms with Gasteiger partial charge in [0, 0.05) is 13.2 Å². The number of ether oxygens (including phenoxy) is 1. The molecular formula is C7H11N3O3S. The Labute approximate surface area is 85.1 Å². The van der Waals surface area contributed by atoms with E-state index in [1.807, 2.05) is 6.92 Å². The summed E-state index contributed by atoms with van der Waals surface area (Å²) in [6.07, 6.45) is 1.24. The second-order valence-corrected chi connectivity index (χ2v) is 3.39. The highest BCUT2D eigenvalue weighted by Gasteiger charge is 2.10. The average Bonchev–Trinajstić information content (AvgIpc) is 2.61. The molecule has 78 valence electrons. The second kappa shape index (κ2) is 5.51. The first kappa shape index (κ1) is 10.9. The third kappa shape index (κ3) is 3.27. The molecule has 1 heterocycles. The third-order valence-electron chi connectivity index (χ3n) is 1.40. The lowest BCUT2D eigenvalue weighted by Gasteiger charge is -2.00. The van der Waals surface area contributed by atoms with E-state index in [0.29, 0.717) is 24.9 Å². The van der Waals surface area contributed by atoms with Crippen LogP contribution in [-0.2, 0) is 4.74 Å². The van der Waals surface area contributed by atoms with Gasteiger partial charge >= 0.3 is 5.00 Å². The van der Waals surface area contributed by atoms with E-state index in [2.05, 4.69) is 10.3 Å². The summed E-state index contributed by atoms with van der Waals surface area (Å²) in [5.41, 5.74) is 0. The predicted octanol–water partition coefficient (Wildman–Crippen LogP) is 1.50. The van der Waals surface area contributed by atoms with Gasteiger partial charge in [-0.25, -0.2) is 4.98 Å². The van der Waals surface area contributed by atoms with Gasteiger partial charge in [-0.15, -0.1) is 0 Å². The van der Waals surface area contributed by atoms with Crippen molar-refractivity contribution in [3.8, 4) is 0 Å². The maximum atomic E-state index is 10.3. The summed E-state index contributed by atoms with van der Waals surface area (Å²) in [5, 5.41) is 13.8. The van der Waals surface area contributed by atoms with Crippen LogP contribution in [0.1, 0.15) is 6.92 Å². The molecule has 0 amide bonds. The Morgan fingerprint density at radius 3 is 3.14 bits per heavy atom. The van der Waals surface area contributed by atoms with Gasteiger partial charge < -0.3 is 10.1 Å². The standard InChI is InChI=1S/C7H11N3O3S/c1-2-13-4-3-8-7-9-5-6(14-7)10(11)12/h5H,2-4H2,1H3,(H,8,9). The van der Waals surface area contributed by atoms with Crippen LogP contribution in [-0.4, -0.2) is 29.7 Å². The molecule has 6 nitrogen and oxygen atoms in total. The van der Waals surface area contributed by atoms with Crippen LogP contribution in [0.25, 0.3) is 0 Å². The number of nitro groups is 1. The number of hydrogen-bond donors (Lipinski definition) is 1. The molecule has 0 fully saturated rings. The molecule has 0 bridgehead atoms. The fourth-order valence-corrected chi connectivity index (χ4v) is 1.46. The van der Waals surface area contributed by atoms with E-state index < -0.39 is 4.92 Å². The van der Waals surface area contributed by atoms with Crippen LogP contribution >= 0.6 is 11.3 Å². The van der Waals surface area contributed by atoms with Crippen LogP contribution in [0.3, 0.4) is 0 Å². The largest absolute Gasteiger partial charge is 0.380 e. The molecule has 0 unspecified atom stereocenters. The maximum Gasteiger partial charge on any atom is 0.345 e. The van der Waals surface area contributed by atoms with E-state index in [9.17, 15) is 10.1 Å². The molecule has 0 atom stereocenters. The SMILES string of the molecule is CCOCCNc1ncc([N+](=O)[O-])s1. The smallest absolute Gasteiger partial charge is 0.345 e. The van der Waals surface area contributed by atoms with E-state index >= 15 is 0 Å². The van der Waals surface area contributed by atoms with Gasteiger partial charge in [0.25, 0.3) is 0 Å². The maximum absolute atomic E-state index is 10.3. The monoisotopic (exact) mass is 217 g/mol. The first-order valence-electron chi connectivity index (χ1n) is 4.16. The minimum Gasteiger partial charge on any atom is -0.380 e. The fourth-order valence-electron chi connectivity index (χ4n) is 0.806. The van der Waals surface area contributed by atoms with Gasteiger partial charge in [-0.05, 0) is 18.3 Å². The van der Waals surface area contributed by atoms with E-state index in [-0.39, 0.29) is 5.00 Å². The second-order valence-electron chi connectivity index (χ2n) is 2.38. The highest BCUT2D eigenvalue weighted by molar-refractivity contribution is 7.18. The Morgan fingerprint density at radius 2 is 2.57 bits per heavy atom. The molecule has 1 aromatic heterocycles. The molecular weight excluding hydrogens is 206 g/mol. The van der Waals surface area contributed by atoms with Crippen LogP contribution in [0.15, 0.2) is 6.20 Å². The Morgan fingerprint density at radius 1 is 1.79 bits per heavy atom. The number of rotatable bonds is 6. The van der Waals surface area contributed by atoms with Crippen LogP contribution in [0.4, 0.5) is 10.1 Å². The zero-order chi connectivity index (χ0) is 10.4. The lowest BCUT2D eigenvalue weighted by Crippen LogP contribution is -2.08. The lowest BCUT2D eigenvalue weighted by atomic mass is 10.7. The first-order valence-corrected chi connectivity index (χ1v) is 4.97. The van der Waals surface area contributed by atoms with Crippen molar-refractivity contribution in [2.24, 2.45) is 0 Å². The molecule has 0 radical (unpaired) electrons. The number of anilines is 1. The zero-order valence-corrected chi connectivity index (χ0v) is 8.54. The fraction of sp³-hybridized carbons (Fsp3) is 0.571. The normalized spacial score (nSPS) is 10.1. The number of nitrogens with zero attached hydrogens (tertiary/aromatic N) is 2. The van der Waals surface area contributed by atoms with Crippen molar-refractivity contribution in [2.75, 3.05) is 25.1 Å². The van der Waals surface area contributed by atoms with Crippen molar-refractivity contribution in [1.82, 2.24) is 4.98 Å². The molecule has 0 aromatic carbocycles. The summed E-state index contributed by atoms with van der Waals surface area (Å²) in [4.78, 5) is 13.7. The summed E-state index contributed by atoms with van der Waals surface area (Å²) in [5.74, 6) is 0. The van der Waals surface area contributed by atoms with Crippen LogP contribution in [0, 0.1) is 10.1 Å². The van der Waals surface area contributed by atoms with Crippen molar-refractivity contribution in [3.05, 3.63) is 16.3 Å². The molecule has 14 heavy (non-hydrogen) atoms. The van der Waals surface area contributed by atoms with Gasteiger partial charge in [-0.2, -0.15) is 0 Å². The summed E-state index contributed by atoms with van der Waals surface area (Å²) in [6.45, 7) is 3.76. The summed E-state index contributed by atoms with van der Waals surface area (Å²) < 4.78 is 5.09. The number of aromatic nitrogens is 1.